The van der Waals surface area contributed by atoms with E-state index in [1.54, 1.807) is 20.8 Å². The quantitative estimate of drug-likeness (QED) is 0.716. The Balaban J connectivity index is 2.00. The SMILES string of the molecule is Cc1noc(COC(=O)CCNS(=O)(=O)c2c(C)c(C)c(C)c(C)c2C)n1. The second-order valence-corrected chi connectivity index (χ2v) is 8.20. The van der Waals surface area contributed by atoms with Crippen molar-refractivity contribution < 1.29 is 22.5 Å². The Bertz CT molecular complexity index is 935. The summed E-state index contributed by atoms with van der Waals surface area (Å²) in [5.74, 6) is 0.0831. The molecule has 0 saturated carbocycles. The molecule has 0 unspecified atom stereocenters. The Morgan fingerprint density at radius 2 is 1.56 bits per heavy atom. The Labute approximate surface area is 159 Å². The van der Waals surface area contributed by atoms with Crippen LogP contribution in [0.3, 0.4) is 0 Å². The monoisotopic (exact) mass is 395 g/mol. The maximum atomic E-state index is 12.8. The van der Waals surface area contributed by atoms with Gasteiger partial charge in [0.15, 0.2) is 12.4 Å². The molecule has 9 heteroatoms. The van der Waals surface area contributed by atoms with Gasteiger partial charge in [-0.3, -0.25) is 4.79 Å². The van der Waals surface area contributed by atoms with Crippen LogP contribution in [0.25, 0.3) is 0 Å². The number of esters is 1. The van der Waals surface area contributed by atoms with Crippen molar-refractivity contribution in [2.24, 2.45) is 0 Å². The Kier molecular flexibility index (Phi) is 6.38. The van der Waals surface area contributed by atoms with Crippen LogP contribution in [0, 0.1) is 41.5 Å². The number of nitrogens with zero attached hydrogens (tertiary/aromatic N) is 2. The first kappa shape index (κ1) is 21.0. The summed E-state index contributed by atoms with van der Waals surface area (Å²) in [5, 5.41) is 3.59. The van der Waals surface area contributed by atoms with E-state index in [-0.39, 0.29) is 30.4 Å². The molecule has 0 amide bonds. The number of rotatable bonds is 7. The number of carbonyl (C=O) groups excluding carboxylic acids is 1. The standard InChI is InChI=1S/C18H25N3O5S/c1-10-11(2)13(4)18(14(5)12(10)3)27(23,24)19-8-7-17(22)25-9-16-20-15(6)21-26-16/h19H,7-9H2,1-6H3. The zero-order chi connectivity index (χ0) is 20.4. The molecule has 1 aromatic carbocycles. The number of carbonyl (C=O) groups is 1. The molecule has 0 saturated heterocycles. The number of benzene rings is 1. The van der Waals surface area contributed by atoms with E-state index in [9.17, 15) is 13.2 Å². The minimum absolute atomic E-state index is 0.0606. The zero-order valence-electron chi connectivity index (χ0n) is 16.5. The van der Waals surface area contributed by atoms with Gasteiger partial charge in [-0.2, -0.15) is 4.98 Å². The highest BCUT2D eigenvalue weighted by Crippen LogP contribution is 2.29. The molecular formula is C18H25N3O5S. The van der Waals surface area contributed by atoms with Crippen LogP contribution in [0.15, 0.2) is 9.42 Å². The maximum absolute atomic E-state index is 12.8. The molecule has 8 nitrogen and oxygen atoms in total. The van der Waals surface area contributed by atoms with Crippen LogP contribution in [0.4, 0.5) is 0 Å². The highest BCUT2D eigenvalue weighted by molar-refractivity contribution is 7.89. The summed E-state index contributed by atoms with van der Waals surface area (Å²) >= 11 is 0. The molecule has 0 aliphatic rings. The predicted octanol–water partition coefficient (Wildman–Crippen LogP) is 2.33. The summed E-state index contributed by atoms with van der Waals surface area (Å²) < 4.78 is 37.8. The number of aromatic nitrogens is 2. The highest BCUT2D eigenvalue weighted by Gasteiger charge is 2.23. The van der Waals surface area contributed by atoms with Gasteiger partial charge < -0.3 is 9.26 Å². The van der Waals surface area contributed by atoms with Gasteiger partial charge in [-0.25, -0.2) is 13.1 Å². The van der Waals surface area contributed by atoms with Gasteiger partial charge in [0.05, 0.1) is 11.3 Å². The number of nitrogens with one attached hydrogen (secondary N) is 1. The average molecular weight is 395 g/mol. The highest BCUT2D eigenvalue weighted by atomic mass is 32.2. The molecule has 148 valence electrons. The molecule has 0 spiro atoms. The molecule has 0 radical (unpaired) electrons. The van der Waals surface area contributed by atoms with Gasteiger partial charge in [-0.05, 0) is 69.4 Å². The normalized spacial score (nSPS) is 11.6. The molecule has 0 atom stereocenters. The predicted molar refractivity (Wildman–Crippen MR) is 98.8 cm³/mol. The molecular weight excluding hydrogens is 370 g/mol. The first-order chi connectivity index (χ1) is 12.5. The van der Waals surface area contributed by atoms with E-state index < -0.39 is 16.0 Å². The number of aryl methyl sites for hydroxylation is 1. The lowest BCUT2D eigenvalue weighted by Gasteiger charge is -2.19. The fraction of sp³-hybridized carbons (Fsp3) is 0.500. The first-order valence-corrected chi connectivity index (χ1v) is 10.0. The van der Waals surface area contributed by atoms with Gasteiger partial charge >= 0.3 is 5.97 Å². The maximum Gasteiger partial charge on any atom is 0.307 e. The van der Waals surface area contributed by atoms with Gasteiger partial charge in [0.2, 0.25) is 10.0 Å². The summed E-state index contributed by atoms with van der Waals surface area (Å²) in [5.41, 5.74) is 4.43. The van der Waals surface area contributed by atoms with Crippen molar-refractivity contribution in [2.75, 3.05) is 6.54 Å². The Morgan fingerprint density at radius 3 is 2.07 bits per heavy atom. The van der Waals surface area contributed by atoms with E-state index in [2.05, 4.69) is 14.9 Å². The van der Waals surface area contributed by atoms with E-state index in [4.69, 9.17) is 9.26 Å². The van der Waals surface area contributed by atoms with Crippen molar-refractivity contribution in [1.29, 1.82) is 0 Å². The summed E-state index contributed by atoms with van der Waals surface area (Å²) in [6, 6.07) is 0. The van der Waals surface area contributed by atoms with E-state index in [1.807, 2.05) is 20.8 Å². The van der Waals surface area contributed by atoms with Gasteiger partial charge in [0.25, 0.3) is 5.89 Å². The van der Waals surface area contributed by atoms with Crippen LogP contribution in [0.2, 0.25) is 0 Å². The van der Waals surface area contributed by atoms with E-state index in [1.165, 1.54) is 0 Å². The summed E-state index contributed by atoms with van der Waals surface area (Å²) in [7, 11) is -3.74. The van der Waals surface area contributed by atoms with E-state index in [0.29, 0.717) is 5.82 Å². The molecule has 0 fully saturated rings. The summed E-state index contributed by atoms with van der Waals surface area (Å²) in [6.07, 6.45) is -0.103. The fourth-order valence-corrected chi connectivity index (χ4v) is 4.47. The van der Waals surface area contributed by atoms with E-state index in [0.717, 1.165) is 27.8 Å². The van der Waals surface area contributed by atoms with Crippen LogP contribution in [0.5, 0.6) is 0 Å². The van der Waals surface area contributed by atoms with Crippen molar-refractivity contribution in [1.82, 2.24) is 14.9 Å². The third-order valence-electron chi connectivity index (χ3n) is 4.75. The molecule has 0 aliphatic carbocycles. The van der Waals surface area contributed by atoms with Gasteiger partial charge in [-0.1, -0.05) is 5.16 Å². The lowest BCUT2D eigenvalue weighted by molar-refractivity contribution is -0.145. The number of ether oxygens (including phenoxy) is 1. The second-order valence-electron chi connectivity index (χ2n) is 6.50. The van der Waals surface area contributed by atoms with Crippen LogP contribution in [-0.4, -0.2) is 31.1 Å². The number of hydrogen-bond donors (Lipinski definition) is 1. The fourth-order valence-electron chi connectivity index (χ4n) is 2.84. The van der Waals surface area contributed by atoms with Crippen LogP contribution < -0.4 is 4.72 Å². The molecule has 2 aromatic rings. The molecule has 27 heavy (non-hydrogen) atoms. The van der Waals surface area contributed by atoms with Crippen LogP contribution >= 0.6 is 0 Å². The molecule has 1 N–H and O–H groups in total. The van der Waals surface area contributed by atoms with Crippen molar-refractivity contribution in [3.05, 3.63) is 39.5 Å². The van der Waals surface area contributed by atoms with E-state index >= 15 is 0 Å². The van der Waals surface area contributed by atoms with Crippen molar-refractivity contribution in [3.8, 4) is 0 Å². The zero-order valence-corrected chi connectivity index (χ0v) is 17.3. The van der Waals surface area contributed by atoms with Crippen LogP contribution in [0.1, 0.15) is 46.0 Å². The van der Waals surface area contributed by atoms with Crippen LogP contribution in [-0.2, 0) is 26.2 Å². The lowest BCUT2D eigenvalue weighted by atomic mass is 9.95. The van der Waals surface area contributed by atoms with Crippen molar-refractivity contribution in [3.63, 3.8) is 0 Å². The molecule has 2 rings (SSSR count). The minimum Gasteiger partial charge on any atom is -0.456 e. The largest absolute Gasteiger partial charge is 0.456 e. The van der Waals surface area contributed by atoms with Gasteiger partial charge in [-0.15, -0.1) is 0 Å². The average Bonchev–Trinajstić information content (AvgIpc) is 3.01. The molecule has 1 aromatic heterocycles. The first-order valence-electron chi connectivity index (χ1n) is 8.56. The molecule has 1 heterocycles. The molecule has 0 bridgehead atoms. The third-order valence-corrected chi connectivity index (χ3v) is 6.48. The number of sulfonamides is 1. The smallest absolute Gasteiger partial charge is 0.307 e. The summed E-state index contributed by atoms with van der Waals surface area (Å²) in [4.78, 5) is 16.0. The van der Waals surface area contributed by atoms with Crippen molar-refractivity contribution >= 4 is 16.0 Å². The van der Waals surface area contributed by atoms with Gasteiger partial charge in [0.1, 0.15) is 0 Å². The van der Waals surface area contributed by atoms with Gasteiger partial charge in [0, 0.05) is 6.54 Å². The van der Waals surface area contributed by atoms with Crippen molar-refractivity contribution in [2.45, 2.75) is 59.5 Å². The Morgan fingerprint density at radius 1 is 1.00 bits per heavy atom. The lowest BCUT2D eigenvalue weighted by Crippen LogP contribution is -2.28. The topological polar surface area (TPSA) is 111 Å². The molecule has 0 aliphatic heterocycles. The Hall–Kier alpha value is -2.26. The number of hydrogen-bond acceptors (Lipinski definition) is 7. The second kappa shape index (κ2) is 8.18. The minimum atomic E-state index is -3.74. The summed E-state index contributed by atoms with van der Waals surface area (Å²) in [6.45, 7) is 10.8. The third kappa shape index (κ3) is 4.72.